The first kappa shape index (κ1) is 16.7. The number of carboxylic acids is 1. The highest BCUT2D eigenvalue weighted by molar-refractivity contribution is 5.86. The van der Waals surface area contributed by atoms with E-state index in [1.165, 1.54) is 0 Å². The van der Waals surface area contributed by atoms with Gasteiger partial charge in [0.15, 0.2) is 0 Å². The highest BCUT2D eigenvalue weighted by Gasteiger charge is 2.48. The normalized spacial score (nSPS) is 23.1. The fourth-order valence-electron chi connectivity index (χ4n) is 2.53. The Kier molecular flexibility index (Phi) is 5.01. The van der Waals surface area contributed by atoms with Gasteiger partial charge in [0.1, 0.15) is 13.1 Å². The van der Waals surface area contributed by atoms with Gasteiger partial charge < -0.3 is 15.3 Å². The van der Waals surface area contributed by atoms with Crippen molar-refractivity contribution in [3.05, 3.63) is 0 Å². The molecule has 0 spiro atoms. The molecule has 20 heavy (non-hydrogen) atoms. The Hall–Kier alpha value is -1.31. The largest absolute Gasteiger partial charge is 0.480 e. The molecule has 1 fully saturated rings. The number of halogens is 3. The van der Waals surface area contributed by atoms with Gasteiger partial charge in [-0.2, -0.15) is 13.2 Å². The number of rotatable bonds is 5. The third-order valence-corrected chi connectivity index (χ3v) is 3.70. The van der Waals surface area contributed by atoms with Crippen LogP contribution in [0.4, 0.5) is 13.2 Å². The maximum atomic E-state index is 12.5. The van der Waals surface area contributed by atoms with Crippen LogP contribution >= 0.6 is 0 Å². The number of aliphatic carboxylic acids is 1. The minimum Gasteiger partial charge on any atom is -0.480 e. The maximum absolute atomic E-state index is 12.5. The Morgan fingerprint density at radius 3 is 2.35 bits per heavy atom. The van der Waals surface area contributed by atoms with Crippen LogP contribution in [0.15, 0.2) is 0 Å². The van der Waals surface area contributed by atoms with Crippen molar-refractivity contribution in [2.45, 2.75) is 26.4 Å². The number of carbonyl (C=O) groups excluding carboxylic acids is 1. The van der Waals surface area contributed by atoms with E-state index in [2.05, 4.69) is 5.32 Å². The highest BCUT2D eigenvalue weighted by Crippen LogP contribution is 2.36. The minimum absolute atomic E-state index is 0.172. The number of hydrogen-bond donors (Lipinski definition) is 2. The molecule has 0 bridgehead atoms. The van der Waals surface area contributed by atoms with Gasteiger partial charge in [-0.3, -0.25) is 9.59 Å². The topological polar surface area (TPSA) is 69.6 Å². The highest BCUT2D eigenvalue weighted by atomic mass is 19.4. The molecule has 1 atom stereocenters. The second kappa shape index (κ2) is 5.99. The summed E-state index contributed by atoms with van der Waals surface area (Å²) < 4.78 is 37.6. The van der Waals surface area contributed by atoms with Crippen molar-refractivity contribution in [2.75, 3.05) is 26.2 Å². The maximum Gasteiger partial charge on any atom is 0.406 e. The summed E-state index contributed by atoms with van der Waals surface area (Å²) >= 11 is 0. The molecule has 1 unspecified atom stereocenters. The van der Waals surface area contributed by atoms with Crippen molar-refractivity contribution in [3.63, 3.8) is 0 Å². The van der Waals surface area contributed by atoms with Gasteiger partial charge in [-0.25, -0.2) is 0 Å². The predicted molar refractivity (Wildman–Crippen MR) is 65.0 cm³/mol. The Labute approximate surface area is 115 Å². The quantitative estimate of drug-likeness (QED) is 0.797. The Balaban J connectivity index is 2.99. The van der Waals surface area contributed by atoms with Gasteiger partial charge in [-0.05, 0) is 18.9 Å². The van der Waals surface area contributed by atoms with Crippen molar-refractivity contribution in [1.82, 2.24) is 10.2 Å². The van der Waals surface area contributed by atoms with Gasteiger partial charge in [0.25, 0.3) is 0 Å². The molecular weight excluding hydrogens is 277 g/mol. The van der Waals surface area contributed by atoms with E-state index in [4.69, 9.17) is 5.11 Å². The van der Waals surface area contributed by atoms with Crippen LogP contribution in [0.2, 0.25) is 0 Å². The van der Waals surface area contributed by atoms with E-state index >= 15 is 0 Å². The molecule has 1 amide bonds. The molecule has 8 heteroatoms. The van der Waals surface area contributed by atoms with Gasteiger partial charge >= 0.3 is 12.1 Å². The first-order chi connectivity index (χ1) is 9.08. The molecule has 0 aromatic heterocycles. The number of hydrogen-bond acceptors (Lipinski definition) is 3. The summed E-state index contributed by atoms with van der Waals surface area (Å²) in [6.07, 6.45) is -4.20. The first-order valence-electron chi connectivity index (χ1n) is 6.37. The van der Waals surface area contributed by atoms with Crippen LogP contribution in [0, 0.1) is 11.3 Å². The average Bonchev–Trinajstić information content (AvgIpc) is 2.74. The molecule has 2 N–H and O–H groups in total. The van der Waals surface area contributed by atoms with E-state index in [1.54, 1.807) is 13.8 Å². The van der Waals surface area contributed by atoms with E-state index in [9.17, 15) is 22.8 Å². The lowest BCUT2D eigenvalue weighted by molar-refractivity contribution is -0.172. The monoisotopic (exact) mass is 296 g/mol. The minimum atomic E-state index is -4.62. The molecule has 0 aromatic rings. The number of nitrogens with zero attached hydrogens (tertiary/aromatic N) is 1. The van der Waals surface area contributed by atoms with E-state index < -0.39 is 36.6 Å². The van der Waals surface area contributed by atoms with Crippen LogP contribution in [0.1, 0.15) is 20.3 Å². The SMILES string of the molecule is CC(C)C1(C(=O)N(CC(=O)O)CC(F)(F)F)CCNC1. The number of carbonyl (C=O) groups is 2. The summed E-state index contributed by atoms with van der Waals surface area (Å²) in [7, 11) is 0. The molecule has 1 rings (SSSR count). The predicted octanol–water partition coefficient (Wildman–Crippen LogP) is 1.10. The molecule has 116 valence electrons. The Morgan fingerprint density at radius 2 is 2.00 bits per heavy atom. The molecule has 0 radical (unpaired) electrons. The number of nitrogens with one attached hydrogen (secondary N) is 1. The summed E-state index contributed by atoms with van der Waals surface area (Å²) in [5.41, 5.74) is -0.958. The molecule has 0 saturated carbocycles. The van der Waals surface area contributed by atoms with Gasteiger partial charge in [-0.15, -0.1) is 0 Å². The smallest absolute Gasteiger partial charge is 0.406 e. The lowest BCUT2D eigenvalue weighted by atomic mass is 9.75. The van der Waals surface area contributed by atoms with Crippen LogP contribution in [0.5, 0.6) is 0 Å². The van der Waals surface area contributed by atoms with Gasteiger partial charge in [0, 0.05) is 6.54 Å². The zero-order chi connectivity index (χ0) is 15.6. The zero-order valence-electron chi connectivity index (χ0n) is 11.5. The summed E-state index contributed by atoms with van der Waals surface area (Å²) in [4.78, 5) is 23.6. The molecule has 0 aliphatic carbocycles. The molecule has 1 heterocycles. The van der Waals surface area contributed by atoms with Crippen LogP contribution in [0.3, 0.4) is 0 Å². The van der Waals surface area contributed by atoms with E-state index in [0.717, 1.165) is 0 Å². The average molecular weight is 296 g/mol. The van der Waals surface area contributed by atoms with Crippen molar-refractivity contribution in [2.24, 2.45) is 11.3 Å². The van der Waals surface area contributed by atoms with Crippen molar-refractivity contribution >= 4 is 11.9 Å². The fourth-order valence-corrected chi connectivity index (χ4v) is 2.53. The van der Waals surface area contributed by atoms with Crippen LogP contribution in [-0.2, 0) is 9.59 Å². The van der Waals surface area contributed by atoms with Crippen LogP contribution < -0.4 is 5.32 Å². The summed E-state index contributed by atoms with van der Waals surface area (Å²) in [5, 5.41) is 11.7. The molecule has 1 aliphatic heterocycles. The van der Waals surface area contributed by atoms with Crippen LogP contribution in [0.25, 0.3) is 0 Å². The van der Waals surface area contributed by atoms with Crippen molar-refractivity contribution < 1.29 is 27.9 Å². The summed E-state index contributed by atoms with van der Waals surface area (Å²) in [6.45, 7) is 1.86. The zero-order valence-corrected chi connectivity index (χ0v) is 11.5. The number of carboxylic acid groups (broad SMARTS) is 1. The molecule has 0 aromatic carbocycles. The first-order valence-corrected chi connectivity index (χ1v) is 6.37. The molecule has 1 aliphatic rings. The van der Waals surface area contributed by atoms with E-state index in [-0.39, 0.29) is 12.5 Å². The standard InChI is InChI=1S/C12H19F3N2O3/c1-8(2)11(3-4-16-6-11)10(20)17(5-9(18)19)7-12(13,14)15/h8,16H,3-7H2,1-2H3,(H,18,19). The number of amides is 1. The number of alkyl halides is 3. The fraction of sp³-hybridized carbons (Fsp3) is 0.833. The lowest BCUT2D eigenvalue weighted by Crippen LogP contribution is -2.52. The third-order valence-electron chi connectivity index (χ3n) is 3.70. The van der Waals surface area contributed by atoms with Crippen molar-refractivity contribution in [1.29, 1.82) is 0 Å². The lowest BCUT2D eigenvalue weighted by Gasteiger charge is -2.36. The molecule has 1 saturated heterocycles. The van der Waals surface area contributed by atoms with Crippen LogP contribution in [-0.4, -0.2) is 54.2 Å². The second-order valence-electron chi connectivity index (χ2n) is 5.41. The van der Waals surface area contributed by atoms with E-state index in [0.29, 0.717) is 17.9 Å². The van der Waals surface area contributed by atoms with Gasteiger partial charge in [0.2, 0.25) is 5.91 Å². The van der Waals surface area contributed by atoms with Gasteiger partial charge in [-0.1, -0.05) is 13.8 Å². The summed E-state index contributed by atoms with van der Waals surface area (Å²) in [5.74, 6) is -2.36. The second-order valence-corrected chi connectivity index (χ2v) is 5.41. The molecular formula is C12H19F3N2O3. The van der Waals surface area contributed by atoms with E-state index in [1.807, 2.05) is 0 Å². The van der Waals surface area contributed by atoms with Gasteiger partial charge in [0.05, 0.1) is 5.41 Å². The van der Waals surface area contributed by atoms with Crippen molar-refractivity contribution in [3.8, 4) is 0 Å². The third kappa shape index (κ3) is 3.84. The molecule has 5 nitrogen and oxygen atoms in total. The Morgan fingerprint density at radius 1 is 1.40 bits per heavy atom. The summed E-state index contributed by atoms with van der Waals surface area (Å²) in [6, 6.07) is 0. The Bertz CT molecular complexity index is 377.